The van der Waals surface area contributed by atoms with E-state index in [0.717, 1.165) is 0 Å². The second kappa shape index (κ2) is 13.2. The molecule has 2 aliphatic rings. The number of carbonyl (C=O) groups excluding carboxylic acids is 2. The number of hydrogen-bond donors (Lipinski definition) is 0. The minimum Gasteiger partial charge on any atom is -0.337 e. The monoisotopic (exact) mass is 626 g/mol. The normalized spacial score (nSPS) is 16.7. The number of halogens is 6. The number of hydrogen-bond acceptors (Lipinski definition) is 11. The van der Waals surface area contributed by atoms with E-state index in [4.69, 9.17) is 9.05 Å². The predicted octanol–water partition coefficient (Wildman–Crippen LogP) is 1.72. The Morgan fingerprint density at radius 3 is 1.24 bits per heavy atom. The van der Waals surface area contributed by atoms with E-state index in [1.807, 2.05) is 0 Å². The number of piperazine rings is 2. The van der Waals surface area contributed by atoms with Gasteiger partial charge in [-0.2, -0.15) is 26.3 Å². The Labute approximate surface area is 235 Å². The van der Waals surface area contributed by atoms with Crippen molar-refractivity contribution in [1.29, 1.82) is 0 Å². The minimum atomic E-state index is -4.55. The molecule has 0 spiro atoms. The number of carbonyl (C=O) groups is 2. The van der Waals surface area contributed by atoms with Crippen molar-refractivity contribution in [2.45, 2.75) is 12.4 Å². The summed E-state index contributed by atoms with van der Waals surface area (Å²) in [4.78, 5) is 45.8. The molecule has 4 heterocycles. The summed E-state index contributed by atoms with van der Waals surface area (Å²) in [5.41, 5.74) is -1.93. The van der Waals surface area contributed by atoms with Crippen LogP contribution in [0.1, 0.15) is 11.1 Å². The van der Waals surface area contributed by atoms with Crippen molar-refractivity contribution >= 4 is 32.0 Å². The highest BCUT2D eigenvalue weighted by Gasteiger charge is 2.33. The molecule has 20 heteroatoms. The molecule has 2 aromatic heterocycles. The van der Waals surface area contributed by atoms with Gasteiger partial charge < -0.3 is 28.6 Å². The van der Waals surface area contributed by atoms with E-state index in [2.05, 4.69) is 19.9 Å². The van der Waals surface area contributed by atoms with Crippen molar-refractivity contribution in [3.8, 4) is 0 Å². The summed E-state index contributed by atoms with van der Waals surface area (Å²) in [6, 6.07) is 0. The standard InChI is InChI=1S/C22H25F6N8O5P/c23-21(24,25)15-9-29-19(30-10-15)35-5-1-33(2-6-35)17(37)13-40-42(39)41-14-18(38)34-3-7-36(8-4-34)20-31-11-16(12-32-20)22(26,27)28/h9-12,42H,1-8,13-14H2. The molecule has 0 N–H and O–H groups in total. The molecule has 4 rings (SSSR count). The molecular weight excluding hydrogens is 601 g/mol. The number of anilines is 2. The molecule has 42 heavy (non-hydrogen) atoms. The average molecular weight is 626 g/mol. The lowest BCUT2D eigenvalue weighted by atomic mass is 10.3. The van der Waals surface area contributed by atoms with Crippen molar-refractivity contribution in [1.82, 2.24) is 29.7 Å². The first-order valence-electron chi connectivity index (χ1n) is 12.4. The van der Waals surface area contributed by atoms with E-state index in [1.54, 1.807) is 9.80 Å². The van der Waals surface area contributed by atoms with Gasteiger partial charge in [0.25, 0.3) is 0 Å². The summed E-state index contributed by atoms with van der Waals surface area (Å²) in [6.45, 7) is 0.735. The van der Waals surface area contributed by atoms with E-state index in [0.29, 0.717) is 24.8 Å². The van der Waals surface area contributed by atoms with Crippen molar-refractivity contribution in [2.24, 2.45) is 0 Å². The molecular formula is C22H25F6N8O5P. The van der Waals surface area contributed by atoms with Crippen molar-refractivity contribution in [3.63, 3.8) is 0 Å². The molecule has 0 radical (unpaired) electrons. The topological polar surface area (TPSA) is 134 Å². The summed E-state index contributed by atoms with van der Waals surface area (Å²) in [6.07, 6.45) is -6.34. The van der Waals surface area contributed by atoms with E-state index in [1.165, 1.54) is 9.80 Å². The van der Waals surface area contributed by atoms with Gasteiger partial charge in [0.1, 0.15) is 13.2 Å². The van der Waals surface area contributed by atoms with Crippen LogP contribution in [0.4, 0.5) is 38.2 Å². The van der Waals surface area contributed by atoms with Crippen LogP contribution in [0.15, 0.2) is 24.8 Å². The Morgan fingerprint density at radius 1 is 0.643 bits per heavy atom. The third-order valence-electron chi connectivity index (χ3n) is 6.39. The fraction of sp³-hybridized carbons (Fsp3) is 0.545. The Hall–Kier alpha value is -3.57. The van der Waals surface area contributed by atoms with Crippen molar-refractivity contribution in [3.05, 3.63) is 35.9 Å². The Morgan fingerprint density at radius 2 is 0.952 bits per heavy atom. The molecule has 2 aromatic rings. The molecule has 0 bridgehead atoms. The van der Waals surface area contributed by atoms with Crippen molar-refractivity contribution in [2.75, 3.05) is 75.4 Å². The van der Waals surface area contributed by atoms with Crippen LogP contribution >= 0.6 is 8.25 Å². The molecule has 2 fully saturated rings. The fourth-order valence-electron chi connectivity index (χ4n) is 4.04. The Balaban J connectivity index is 1.12. The summed E-state index contributed by atoms with van der Waals surface area (Å²) in [5.74, 6) is -0.775. The quantitative estimate of drug-likeness (QED) is 0.313. The first kappa shape index (κ1) is 31.4. The predicted molar refractivity (Wildman–Crippen MR) is 133 cm³/mol. The second-order valence-corrected chi connectivity index (χ2v) is 10.2. The lowest BCUT2D eigenvalue weighted by Crippen LogP contribution is -2.50. The van der Waals surface area contributed by atoms with Gasteiger partial charge in [0.2, 0.25) is 23.7 Å². The zero-order valence-corrected chi connectivity index (χ0v) is 22.8. The maximum Gasteiger partial charge on any atom is 0.419 e. The van der Waals surface area contributed by atoms with Gasteiger partial charge in [-0.05, 0) is 0 Å². The van der Waals surface area contributed by atoms with E-state index < -0.39 is 56.8 Å². The Kier molecular flexibility index (Phi) is 9.83. The summed E-state index contributed by atoms with van der Waals surface area (Å²) in [7, 11) is -3.18. The van der Waals surface area contributed by atoms with Gasteiger partial charge in [-0.15, -0.1) is 0 Å². The first-order valence-corrected chi connectivity index (χ1v) is 13.7. The van der Waals surface area contributed by atoms with Crippen LogP contribution in [-0.4, -0.2) is 107 Å². The van der Waals surface area contributed by atoms with Gasteiger partial charge in [-0.3, -0.25) is 14.2 Å². The lowest BCUT2D eigenvalue weighted by Gasteiger charge is -2.34. The number of aromatic nitrogens is 4. The average Bonchev–Trinajstić information content (AvgIpc) is 2.98. The molecule has 0 unspecified atom stereocenters. The van der Waals surface area contributed by atoms with Crippen LogP contribution < -0.4 is 9.80 Å². The van der Waals surface area contributed by atoms with Crippen LogP contribution in [0.5, 0.6) is 0 Å². The molecule has 13 nitrogen and oxygen atoms in total. The van der Waals surface area contributed by atoms with Crippen LogP contribution in [0.3, 0.4) is 0 Å². The lowest BCUT2D eigenvalue weighted by molar-refractivity contribution is -0.138. The SMILES string of the molecule is O=C(CO[PH](=O)OCC(=O)N1CCN(c2ncc(C(F)(F)F)cn2)CC1)N1CCN(c2ncc(C(F)(F)F)cn2)CC1. The molecule has 2 amide bonds. The molecule has 230 valence electrons. The number of amides is 2. The van der Waals surface area contributed by atoms with Gasteiger partial charge in [0.05, 0.1) is 11.1 Å². The van der Waals surface area contributed by atoms with E-state index in [-0.39, 0.29) is 64.3 Å². The molecule has 2 saturated heterocycles. The zero-order valence-electron chi connectivity index (χ0n) is 21.8. The minimum absolute atomic E-state index is 0.101. The summed E-state index contributed by atoms with van der Waals surface area (Å²) < 4.78 is 98.1. The largest absolute Gasteiger partial charge is 0.419 e. The maximum atomic E-state index is 12.7. The smallest absolute Gasteiger partial charge is 0.337 e. The number of alkyl halides is 6. The third kappa shape index (κ3) is 8.25. The highest BCUT2D eigenvalue weighted by molar-refractivity contribution is 7.33. The van der Waals surface area contributed by atoms with E-state index >= 15 is 0 Å². The van der Waals surface area contributed by atoms with Gasteiger partial charge in [0, 0.05) is 77.1 Å². The van der Waals surface area contributed by atoms with Crippen LogP contribution in [0.2, 0.25) is 0 Å². The van der Waals surface area contributed by atoms with Gasteiger partial charge in [-0.25, -0.2) is 19.9 Å². The van der Waals surface area contributed by atoms with Crippen LogP contribution in [-0.2, 0) is 35.6 Å². The van der Waals surface area contributed by atoms with Gasteiger partial charge in [0.15, 0.2) is 0 Å². The summed E-state index contributed by atoms with van der Waals surface area (Å²) in [5, 5.41) is 0. The molecule has 0 atom stereocenters. The highest BCUT2D eigenvalue weighted by Crippen LogP contribution is 2.30. The summed E-state index contributed by atoms with van der Waals surface area (Å²) >= 11 is 0. The molecule has 0 aromatic carbocycles. The second-order valence-electron chi connectivity index (χ2n) is 9.10. The van der Waals surface area contributed by atoms with Crippen LogP contribution in [0.25, 0.3) is 0 Å². The highest BCUT2D eigenvalue weighted by atomic mass is 31.1. The van der Waals surface area contributed by atoms with Crippen LogP contribution in [0, 0.1) is 0 Å². The van der Waals surface area contributed by atoms with Crippen molar-refractivity contribution < 1.29 is 49.5 Å². The first-order chi connectivity index (χ1) is 19.8. The molecule has 2 aliphatic heterocycles. The number of nitrogens with zero attached hydrogens (tertiary/aromatic N) is 8. The zero-order chi connectivity index (χ0) is 30.5. The fourth-order valence-corrected chi connectivity index (χ4v) is 4.61. The maximum absolute atomic E-state index is 12.7. The molecule has 0 aliphatic carbocycles. The van der Waals surface area contributed by atoms with Gasteiger partial charge in [-0.1, -0.05) is 0 Å². The number of rotatable bonds is 8. The Bertz CT molecular complexity index is 1160. The van der Waals surface area contributed by atoms with E-state index in [9.17, 15) is 40.5 Å². The third-order valence-corrected chi connectivity index (χ3v) is 7.15. The molecule has 0 saturated carbocycles. The van der Waals surface area contributed by atoms with Gasteiger partial charge >= 0.3 is 20.6 Å².